The number of methoxy groups -OCH3 is 2. The van der Waals surface area contributed by atoms with Crippen LogP contribution in [0.3, 0.4) is 0 Å². The highest BCUT2D eigenvalue weighted by atomic mass is 32.1. The fraction of sp³-hybridized carbons (Fsp3) is 0.400. The fourth-order valence-electron chi connectivity index (χ4n) is 2.04. The van der Waals surface area contributed by atoms with Crippen molar-refractivity contribution < 1.29 is 14.3 Å². The highest BCUT2D eigenvalue weighted by Gasteiger charge is 2.18. The second-order valence-corrected chi connectivity index (χ2v) is 5.59. The summed E-state index contributed by atoms with van der Waals surface area (Å²) in [5, 5.41) is 5.52. The molecule has 0 aliphatic rings. The number of thiazole rings is 1. The van der Waals surface area contributed by atoms with Crippen molar-refractivity contribution in [3.8, 4) is 10.7 Å². The van der Waals surface area contributed by atoms with Gasteiger partial charge >= 0.3 is 0 Å². The van der Waals surface area contributed by atoms with Gasteiger partial charge < -0.3 is 14.8 Å². The van der Waals surface area contributed by atoms with Gasteiger partial charge in [-0.25, -0.2) is 4.98 Å². The number of carbonyl (C=O) groups excluding carboxylic acids is 1. The van der Waals surface area contributed by atoms with Gasteiger partial charge in [-0.15, -0.1) is 11.3 Å². The molecule has 2 heterocycles. The predicted molar refractivity (Wildman–Crippen MR) is 84.5 cm³/mol. The molecule has 0 saturated heterocycles. The molecule has 1 atom stereocenters. The van der Waals surface area contributed by atoms with Crippen molar-refractivity contribution in [2.75, 3.05) is 14.2 Å². The molecule has 1 amide bonds. The van der Waals surface area contributed by atoms with Gasteiger partial charge in [0.05, 0.1) is 23.9 Å². The molecule has 1 N–H and O–H groups in total. The van der Waals surface area contributed by atoms with Crippen LogP contribution in [0.25, 0.3) is 10.7 Å². The molecule has 0 aliphatic carbocycles. The van der Waals surface area contributed by atoms with Crippen molar-refractivity contribution in [2.45, 2.75) is 25.7 Å². The third kappa shape index (κ3) is 4.33. The van der Waals surface area contributed by atoms with E-state index in [0.717, 1.165) is 16.4 Å². The molecule has 2 rings (SSSR count). The van der Waals surface area contributed by atoms with Gasteiger partial charge in [-0.1, -0.05) is 6.07 Å². The lowest BCUT2D eigenvalue weighted by molar-refractivity contribution is -0.135. The van der Waals surface area contributed by atoms with E-state index in [0.29, 0.717) is 0 Å². The number of carbonyl (C=O) groups is 1. The number of nitrogens with one attached hydrogen (secondary N) is 1. The molecule has 2 aromatic rings. The molecule has 118 valence electrons. The second kappa shape index (κ2) is 7.98. The summed E-state index contributed by atoms with van der Waals surface area (Å²) in [6.45, 7) is 1.83. The Hall–Kier alpha value is -1.83. The van der Waals surface area contributed by atoms with Crippen molar-refractivity contribution >= 4 is 17.2 Å². The zero-order chi connectivity index (χ0) is 15.9. The van der Waals surface area contributed by atoms with Gasteiger partial charge in [-0.2, -0.15) is 0 Å². The normalized spacial score (nSPS) is 12.4. The van der Waals surface area contributed by atoms with Crippen LogP contribution in [0.15, 0.2) is 29.8 Å². The van der Waals surface area contributed by atoms with Gasteiger partial charge in [0.15, 0.2) is 6.29 Å². The smallest absolute Gasteiger partial charge is 0.226 e. The number of nitrogens with zero attached hydrogens (tertiary/aromatic N) is 2. The summed E-state index contributed by atoms with van der Waals surface area (Å²) in [4.78, 5) is 20.7. The lowest BCUT2D eigenvalue weighted by atomic mass is 10.2. The number of rotatable bonds is 7. The van der Waals surface area contributed by atoms with Crippen molar-refractivity contribution in [1.29, 1.82) is 0 Å². The average molecular weight is 321 g/mol. The van der Waals surface area contributed by atoms with E-state index in [1.54, 1.807) is 6.20 Å². The minimum absolute atomic E-state index is 0.121. The van der Waals surface area contributed by atoms with Crippen LogP contribution >= 0.6 is 11.3 Å². The van der Waals surface area contributed by atoms with Crippen LogP contribution in [-0.4, -0.2) is 42.4 Å². The Kier molecular flexibility index (Phi) is 6.00. The van der Waals surface area contributed by atoms with Crippen LogP contribution in [0.5, 0.6) is 0 Å². The van der Waals surface area contributed by atoms with Crippen LogP contribution in [-0.2, 0) is 20.7 Å². The molecule has 0 spiro atoms. The Morgan fingerprint density at radius 1 is 1.36 bits per heavy atom. The maximum Gasteiger partial charge on any atom is 0.226 e. The first-order valence-corrected chi connectivity index (χ1v) is 7.72. The van der Waals surface area contributed by atoms with Crippen molar-refractivity contribution in [3.63, 3.8) is 0 Å². The molecule has 2 aromatic heterocycles. The number of ether oxygens (including phenoxy) is 2. The molecular weight excluding hydrogens is 302 g/mol. The van der Waals surface area contributed by atoms with Gasteiger partial charge in [0, 0.05) is 25.8 Å². The summed E-state index contributed by atoms with van der Waals surface area (Å²) in [5.74, 6) is -0.121. The van der Waals surface area contributed by atoms with E-state index < -0.39 is 6.29 Å². The van der Waals surface area contributed by atoms with Gasteiger partial charge in [0.2, 0.25) is 5.91 Å². The minimum atomic E-state index is -0.469. The molecule has 7 heteroatoms. The number of hydrogen-bond donors (Lipinski definition) is 1. The van der Waals surface area contributed by atoms with Crippen LogP contribution in [0, 0.1) is 0 Å². The Labute approximate surface area is 133 Å². The largest absolute Gasteiger partial charge is 0.354 e. The quantitative estimate of drug-likeness (QED) is 0.788. The fourth-order valence-corrected chi connectivity index (χ4v) is 2.83. The first-order chi connectivity index (χ1) is 10.6. The highest BCUT2D eigenvalue weighted by molar-refractivity contribution is 7.13. The van der Waals surface area contributed by atoms with E-state index in [2.05, 4.69) is 15.3 Å². The number of amides is 1. The zero-order valence-corrected chi connectivity index (χ0v) is 13.6. The summed E-state index contributed by atoms with van der Waals surface area (Å²) in [5.41, 5.74) is 1.54. The number of aromatic nitrogens is 2. The molecule has 0 unspecified atom stereocenters. The average Bonchev–Trinajstić information content (AvgIpc) is 2.97. The van der Waals surface area contributed by atoms with Crippen molar-refractivity contribution in [3.05, 3.63) is 35.5 Å². The van der Waals surface area contributed by atoms with Crippen molar-refractivity contribution in [2.24, 2.45) is 0 Å². The predicted octanol–water partition coefficient (Wildman–Crippen LogP) is 1.87. The van der Waals surface area contributed by atoms with Crippen LogP contribution in [0.4, 0.5) is 0 Å². The Morgan fingerprint density at radius 2 is 2.14 bits per heavy atom. The molecule has 0 aromatic carbocycles. The zero-order valence-electron chi connectivity index (χ0n) is 12.8. The Balaban J connectivity index is 1.94. The molecule has 22 heavy (non-hydrogen) atoms. The van der Waals surface area contributed by atoms with Gasteiger partial charge in [0.25, 0.3) is 0 Å². The van der Waals surface area contributed by atoms with E-state index in [1.165, 1.54) is 25.6 Å². The Bertz CT molecular complexity index is 599. The lowest BCUT2D eigenvalue weighted by Crippen LogP contribution is -2.43. The lowest BCUT2D eigenvalue weighted by Gasteiger charge is -2.21. The molecular formula is C15H19N3O3S. The third-order valence-corrected chi connectivity index (χ3v) is 3.95. The maximum atomic E-state index is 12.0. The molecule has 0 radical (unpaired) electrons. The SMILES string of the molecule is COC(OC)[C@H](C)NC(=O)Cc1csc(-c2ccccn2)n1. The molecule has 6 nitrogen and oxygen atoms in total. The van der Waals surface area contributed by atoms with Gasteiger partial charge in [-0.05, 0) is 19.1 Å². The van der Waals surface area contributed by atoms with Crippen LogP contribution in [0.2, 0.25) is 0 Å². The second-order valence-electron chi connectivity index (χ2n) is 4.73. The number of hydrogen-bond acceptors (Lipinski definition) is 6. The van der Waals surface area contributed by atoms with Gasteiger partial charge in [0.1, 0.15) is 5.01 Å². The minimum Gasteiger partial charge on any atom is -0.354 e. The maximum absolute atomic E-state index is 12.0. The topological polar surface area (TPSA) is 73.3 Å². The van der Waals surface area contributed by atoms with E-state index >= 15 is 0 Å². The summed E-state index contributed by atoms with van der Waals surface area (Å²) in [7, 11) is 3.08. The third-order valence-electron chi connectivity index (χ3n) is 3.04. The molecule has 0 bridgehead atoms. The van der Waals surface area contributed by atoms with E-state index in [1.807, 2.05) is 30.5 Å². The van der Waals surface area contributed by atoms with Crippen LogP contribution in [0.1, 0.15) is 12.6 Å². The monoisotopic (exact) mass is 321 g/mol. The van der Waals surface area contributed by atoms with Crippen LogP contribution < -0.4 is 5.32 Å². The Morgan fingerprint density at radius 3 is 2.77 bits per heavy atom. The standard InChI is InChI=1S/C15H19N3O3S/c1-10(15(20-2)21-3)17-13(19)8-11-9-22-14(18-11)12-6-4-5-7-16-12/h4-7,9-10,15H,8H2,1-3H3,(H,17,19)/t10-/m0/s1. The summed E-state index contributed by atoms with van der Waals surface area (Å²) < 4.78 is 10.2. The van der Waals surface area contributed by atoms with E-state index in [-0.39, 0.29) is 18.4 Å². The summed E-state index contributed by atoms with van der Waals surface area (Å²) in [6.07, 6.45) is 1.47. The molecule has 0 saturated carbocycles. The number of pyridine rings is 1. The van der Waals surface area contributed by atoms with Gasteiger partial charge in [-0.3, -0.25) is 9.78 Å². The van der Waals surface area contributed by atoms with Crippen molar-refractivity contribution in [1.82, 2.24) is 15.3 Å². The summed E-state index contributed by atoms with van der Waals surface area (Å²) >= 11 is 1.48. The first kappa shape index (κ1) is 16.5. The summed E-state index contributed by atoms with van der Waals surface area (Å²) in [6, 6.07) is 5.42. The van der Waals surface area contributed by atoms with E-state index in [4.69, 9.17) is 9.47 Å². The molecule has 0 fully saturated rings. The highest BCUT2D eigenvalue weighted by Crippen LogP contribution is 2.21. The molecule has 0 aliphatic heterocycles. The van der Waals surface area contributed by atoms with E-state index in [9.17, 15) is 4.79 Å². The first-order valence-electron chi connectivity index (χ1n) is 6.84.